The van der Waals surface area contributed by atoms with Crippen molar-refractivity contribution < 1.29 is 13.2 Å². The lowest BCUT2D eigenvalue weighted by Gasteiger charge is -2.11. The van der Waals surface area contributed by atoms with Gasteiger partial charge < -0.3 is 4.74 Å². The first-order valence-electron chi connectivity index (χ1n) is 6.35. The summed E-state index contributed by atoms with van der Waals surface area (Å²) in [5, 5.41) is 1.68. The van der Waals surface area contributed by atoms with E-state index >= 15 is 0 Å². The lowest BCUT2D eigenvalue weighted by atomic mass is 10.2. The minimum atomic E-state index is -3.55. The van der Waals surface area contributed by atoms with E-state index in [2.05, 4.69) is 14.2 Å². The topological polar surface area (TPSA) is 59.0 Å². The van der Waals surface area contributed by atoms with Crippen molar-refractivity contribution >= 4 is 41.7 Å². The first kappa shape index (κ1) is 17.1. The van der Waals surface area contributed by atoms with Crippen LogP contribution in [0.3, 0.4) is 0 Å². The molecule has 1 atom stereocenters. The largest absolute Gasteiger partial charge is 0.492 e. The van der Waals surface area contributed by atoms with Crippen LogP contribution in [0.5, 0.6) is 5.75 Å². The molecular formula is C14H17N2O3PS2. The molecule has 1 heterocycles. The summed E-state index contributed by atoms with van der Waals surface area (Å²) < 4.78 is 31.2. The van der Waals surface area contributed by atoms with Crippen LogP contribution >= 0.6 is 20.6 Å². The van der Waals surface area contributed by atoms with Crippen molar-refractivity contribution in [2.24, 2.45) is 4.99 Å². The Balaban J connectivity index is 2.49. The summed E-state index contributed by atoms with van der Waals surface area (Å²) in [7, 11) is 3.44. The number of ether oxygens (including phenoxy) is 1. The average Bonchev–Trinajstić information content (AvgIpc) is 2.91. The lowest BCUT2D eigenvalue weighted by Crippen LogP contribution is -2.21. The number of benzene rings is 1. The van der Waals surface area contributed by atoms with Gasteiger partial charge in [-0.15, -0.1) is 11.3 Å². The molecule has 0 aliphatic rings. The summed E-state index contributed by atoms with van der Waals surface area (Å²) in [6.07, 6.45) is 0. The fraction of sp³-hybridized carbons (Fsp3) is 0.214. The van der Waals surface area contributed by atoms with Gasteiger partial charge in [0.05, 0.1) is 12.6 Å². The fourth-order valence-electron chi connectivity index (χ4n) is 1.73. The molecule has 1 aromatic heterocycles. The minimum Gasteiger partial charge on any atom is -0.492 e. The molecule has 1 aromatic carbocycles. The zero-order valence-electron chi connectivity index (χ0n) is 12.5. The Hall–Kier alpha value is -1.27. The van der Waals surface area contributed by atoms with Crippen LogP contribution in [0.25, 0.3) is 0 Å². The average molecular weight is 356 g/mol. The van der Waals surface area contributed by atoms with Gasteiger partial charge in [0.25, 0.3) is 10.0 Å². The predicted molar refractivity (Wildman–Crippen MR) is 94.1 cm³/mol. The van der Waals surface area contributed by atoms with Gasteiger partial charge >= 0.3 is 0 Å². The van der Waals surface area contributed by atoms with E-state index in [1.165, 1.54) is 21.2 Å². The smallest absolute Gasteiger partial charge is 0.255 e. The van der Waals surface area contributed by atoms with E-state index in [0.29, 0.717) is 11.1 Å². The Morgan fingerprint density at radius 2 is 1.91 bits per heavy atom. The van der Waals surface area contributed by atoms with Gasteiger partial charge in [0.15, 0.2) is 9.96 Å². The Bertz CT molecular complexity index is 784. The third-order valence-electron chi connectivity index (χ3n) is 2.93. The highest BCUT2D eigenvalue weighted by atomic mass is 32.2. The van der Waals surface area contributed by atoms with Gasteiger partial charge in [-0.2, -0.15) is 0 Å². The van der Waals surface area contributed by atoms with Crippen molar-refractivity contribution in [2.45, 2.75) is 4.21 Å². The number of rotatable bonds is 5. The second-order valence-electron chi connectivity index (χ2n) is 4.59. The Kier molecular flexibility index (Phi) is 5.34. The van der Waals surface area contributed by atoms with Crippen molar-refractivity contribution in [3.8, 4) is 5.75 Å². The number of methoxy groups -OCH3 is 1. The molecule has 0 bridgehead atoms. The summed E-state index contributed by atoms with van der Waals surface area (Å²) >= 11 is 1.10. The number of hydrogen-bond acceptors (Lipinski definition) is 5. The highest BCUT2D eigenvalue weighted by molar-refractivity contribution is 7.91. The van der Waals surface area contributed by atoms with E-state index in [9.17, 15) is 8.42 Å². The summed E-state index contributed by atoms with van der Waals surface area (Å²) in [6, 6.07) is 9.63. The zero-order valence-corrected chi connectivity index (χ0v) is 15.3. The molecule has 0 radical (unpaired) electrons. The van der Waals surface area contributed by atoms with Crippen molar-refractivity contribution in [3.63, 3.8) is 0 Å². The molecule has 0 saturated carbocycles. The van der Waals surface area contributed by atoms with Gasteiger partial charge in [-0.25, -0.2) is 17.7 Å². The standard InChI is InChI=1S/C14H17N2O3PS2/c1-16(2)22(17,18)14-12(19-3)11(9-21-14)15-13(20)10-7-5-4-6-8-10/h4-9H,20H2,1-3H3. The molecule has 0 aliphatic heterocycles. The summed E-state index contributed by atoms with van der Waals surface area (Å²) in [5.74, 6) is 0.273. The lowest BCUT2D eigenvalue weighted by molar-refractivity contribution is 0.406. The van der Waals surface area contributed by atoms with Gasteiger partial charge in [0.2, 0.25) is 0 Å². The van der Waals surface area contributed by atoms with Crippen LogP contribution < -0.4 is 4.74 Å². The molecule has 2 aromatic rings. The quantitative estimate of drug-likeness (QED) is 0.611. The number of thiophene rings is 1. The molecule has 2 rings (SSSR count). The van der Waals surface area contributed by atoms with Crippen LogP contribution in [0.2, 0.25) is 0 Å². The van der Waals surface area contributed by atoms with Gasteiger partial charge in [-0.3, -0.25) is 0 Å². The monoisotopic (exact) mass is 356 g/mol. The zero-order chi connectivity index (χ0) is 16.3. The number of aliphatic imine (C=N–C) groups is 1. The molecular weight excluding hydrogens is 339 g/mol. The number of nitrogens with zero attached hydrogens (tertiary/aromatic N) is 2. The van der Waals surface area contributed by atoms with E-state index in [-0.39, 0.29) is 9.96 Å². The maximum atomic E-state index is 12.3. The third-order valence-corrected chi connectivity index (χ3v) is 6.66. The third kappa shape index (κ3) is 3.38. The molecule has 0 saturated heterocycles. The number of sulfonamides is 1. The van der Waals surface area contributed by atoms with Gasteiger partial charge in [-0.05, 0) is 5.56 Å². The SMILES string of the molecule is COc1c(N=C(P)c2ccccc2)csc1S(=O)(=O)N(C)C. The van der Waals surface area contributed by atoms with Crippen molar-refractivity contribution in [2.75, 3.05) is 21.2 Å². The van der Waals surface area contributed by atoms with Crippen LogP contribution in [0, 0.1) is 0 Å². The summed E-state index contributed by atoms with van der Waals surface area (Å²) in [5.41, 5.74) is 2.16. The Morgan fingerprint density at radius 1 is 1.27 bits per heavy atom. The second kappa shape index (κ2) is 6.87. The van der Waals surface area contributed by atoms with Crippen molar-refractivity contribution in [1.82, 2.24) is 4.31 Å². The highest BCUT2D eigenvalue weighted by Gasteiger charge is 2.26. The first-order chi connectivity index (χ1) is 10.4. The second-order valence-corrected chi connectivity index (χ2v) is 8.37. The Morgan fingerprint density at radius 3 is 2.45 bits per heavy atom. The Labute approximate surface area is 136 Å². The summed E-state index contributed by atoms with van der Waals surface area (Å²) in [6.45, 7) is 0. The molecule has 0 amide bonds. The van der Waals surface area contributed by atoms with Gasteiger partial charge in [0.1, 0.15) is 5.69 Å². The normalized spacial score (nSPS) is 12.7. The van der Waals surface area contributed by atoms with Crippen LogP contribution in [-0.2, 0) is 10.0 Å². The fourth-order valence-corrected chi connectivity index (χ4v) is 4.57. The molecule has 8 heteroatoms. The van der Waals surface area contributed by atoms with Gasteiger partial charge in [0, 0.05) is 19.5 Å². The van der Waals surface area contributed by atoms with E-state index in [4.69, 9.17) is 4.74 Å². The maximum absolute atomic E-state index is 12.3. The molecule has 5 nitrogen and oxygen atoms in total. The molecule has 118 valence electrons. The molecule has 0 spiro atoms. The highest BCUT2D eigenvalue weighted by Crippen LogP contribution is 2.41. The van der Waals surface area contributed by atoms with E-state index in [1.54, 1.807) is 5.38 Å². The molecule has 22 heavy (non-hydrogen) atoms. The van der Waals surface area contributed by atoms with Crippen molar-refractivity contribution in [1.29, 1.82) is 0 Å². The molecule has 0 aliphatic carbocycles. The van der Waals surface area contributed by atoms with Crippen LogP contribution in [0.1, 0.15) is 5.56 Å². The maximum Gasteiger partial charge on any atom is 0.255 e. The molecule has 1 unspecified atom stereocenters. The van der Waals surface area contributed by atoms with E-state index < -0.39 is 10.0 Å². The first-order valence-corrected chi connectivity index (χ1v) is 9.25. The predicted octanol–water partition coefficient (Wildman–Crippen LogP) is 2.96. The minimum absolute atomic E-state index is 0.157. The van der Waals surface area contributed by atoms with Crippen molar-refractivity contribution in [3.05, 3.63) is 41.3 Å². The van der Waals surface area contributed by atoms with Crippen LogP contribution in [0.4, 0.5) is 5.69 Å². The number of hydrogen-bond donors (Lipinski definition) is 0. The molecule has 0 N–H and O–H groups in total. The summed E-state index contributed by atoms with van der Waals surface area (Å²) in [4.78, 5) is 4.48. The van der Waals surface area contributed by atoms with E-state index in [1.807, 2.05) is 30.3 Å². The molecule has 0 fully saturated rings. The van der Waals surface area contributed by atoms with E-state index in [0.717, 1.165) is 21.2 Å². The van der Waals surface area contributed by atoms with Crippen LogP contribution in [-0.4, -0.2) is 39.4 Å². The van der Waals surface area contributed by atoms with Crippen LogP contribution in [0.15, 0.2) is 44.9 Å². The van der Waals surface area contributed by atoms with Gasteiger partial charge in [-0.1, -0.05) is 39.6 Å².